The van der Waals surface area contributed by atoms with Crippen LogP contribution in [0, 0.1) is 0 Å². The number of rotatable bonds is 4. The third-order valence-electron chi connectivity index (χ3n) is 11.2. The average molecular weight is 703 g/mol. The van der Waals surface area contributed by atoms with E-state index >= 15 is 0 Å². The molecule has 256 valence electrons. The summed E-state index contributed by atoms with van der Waals surface area (Å²) in [6.07, 6.45) is 0. The number of nitrogens with zero attached hydrogens (tertiary/aromatic N) is 4. The van der Waals surface area contributed by atoms with Crippen LogP contribution in [0.2, 0.25) is 0 Å². The Morgan fingerprint density at radius 3 is 1.60 bits per heavy atom. The van der Waals surface area contributed by atoms with Crippen LogP contribution in [0.15, 0.2) is 186 Å². The summed E-state index contributed by atoms with van der Waals surface area (Å²) in [5, 5.41) is 8.06. The lowest BCUT2D eigenvalue weighted by Gasteiger charge is -2.13. The SMILES string of the molecule is c1ccc2c(-c3ccc(-n4c5ccccc5c5ccccc54)cc3)nc(-n3c4ccccc4c4ccc(-c5ccc6oc7ccccc7c6c5)cc43)nc2c1. The Hall–Kier alpha value is -7.50. The Morgan fingerprint density at radius 1 is 0.345 bits per heavy atom. The largest absolute Gasteiger partial charge is 0.456 e. The molecule has 4 aromatic heterocycles. The molecule has 55 heavy (non-hydrogen) atoms. The second-order valence-electron chi connectivity index (χ2n) is 14.2. The molecule has 0 aliphatic heterocycles. The van der Waals surface area contributed by atoms with Gasteiger partial charge in [0.2, 0.25) is 5.95 Å². The number of aromatic nitrogens is 4. The molecule has 0 unspecified atom stereocenters. The van der Waals surface area contributed by atoms with Crippen LogP contribution in [0.5, 0.6) is 0 Å². The van der Waals surface area contributed by atoms with Gasteiger partial charge in [-0.15, -0.1) is 0 Å². The highest BCUT2D eigenvalue weighted by molar-refractivity contribution is 6.12. The first kappa shape index (κ1) is 30.0. The van der Waals surface area contributed by atoms with Crippen LogP contribution in [-0.2, 0) is 0 Å². The molecular weight excluding hydrogens is 673 g/mol. The molecule has 0 amide bonds. The molecule has 0 aliphatic rings. The number of hydrogen-bond acceptors (Lipinski definition) is 3. The van der Waals surface area contributed by atoms with Crippen LogP contribution in [0.3, 0.4) is 0 Å². The molecule has 0 saturated carbocycles. The summed E-state index contributed by atoms with van der Waals surface area (Å²) in [7, 11) is 0. The van der Waals surface area contributed by atoms with Gasteiger partial charge in [0.25, 0.3) is 0 Å². The standard InChI is InChI=1S/C50H30N4O/c1-6-16-42-40(15-1)49(31-21-25-34(26-22-31)53-43-17-7-2-11-35(43)36-12-3-8-18-44(36)53)52-50(51-42)54-45-19-9-4-13-37(45)38-27-23-33(30-46(38)54)32-24-28-48-41(29-32)39-14-5-10-20-47(39)55-48/h1-30H. The van der Waals surface area contributed by atoms with Crippen molar-refractivity contribution in [3.8, 4) is 34.0 Å². The number of fused-ring (bicyclic) bond motifs is 10. The minimum atomic E-state index is 0.639. The molecule has 8 aromatic carbocycles. The van der Waals surface area contributed by atoms with Gasteiger partial charge >= 0.3 is 0 Å². The molecule has 0 radical (unpaired) electrons. The van der Waals surface area contributed by atoms with E-state index in [0.29, 0.717) is 5.95 Å². The fraction of sp³-hybridized carbons (Fsp3) is 0. The summed E-state index contributed by atoms with van der Waals surface area (Å²) in [5.74, 6) is 0.639. The van der Waals surface area contributed by atoms with Gasteiger partial charge in [0.15, 0.2) is 0 Å². The Labute approximate surface area is 315 Å². The first-order valence-corrected chi connectivity index (χ1v) is 18.6. The lowest BCUT2D eigenvalue weighted by atomic mass is 10.0. The van der Waals surface area contributed by atoms with Gasteiger partial charge in [-0.25, -0.2) is 9.97 Å². The molecule has 0 bridgehead atoms. The summed E-state index contributed by atoms with van der Waals surface area (Å²) in [6.45, 7) is 0. The van der Waals surface area contributed by atoms with Crippen molar-refractivity contribution in [1.29, 1.82) is 0 Å². The van der Waals surface area contributed by atoms with Crippen molar-refractivity contribution in [3.63, 3.8) is 0 Å². The molecule has 0 saturated heterocycles. The van der Waals surface area contributed by atoms with E-state index in [4.69, 9.17) is 14.4 Å². The van der Waals surface area contributed by atoms with Crippen molar-refractivity contribution in [1.82, 2.24) is 19.1 Å². The molecule has 0 spiro atoms. The molecule has 5 heteroatoms. The van der Waals surface area contributed by atoms with Crippen LogP contribution in [-0.4, -0.2) is 19.1 Å². The summed E-state index contributed by atoms with van der Waals surface area (Å²) < 4.78 is 10.7. The van der Waals surface area contributed by atoms with Crippen LogP contribution in [0.1, 0.15) is 0 Å². The minimum absolute atomic E-state index is 0.639. The summed E-state index contributed by atoms with van der Waals surface area (Å²) in [4.78, 5) is 10.6. The number of furan rings is 1. The summed E-state index contributed by atoms with van der Waals surface area (Å²) in [6, 6.07) is 64.3. The first-order valence-electron chi connectivity index (χ1n) is 18.6. The molecule has 0 aliphatic carbocycles. The van der Waals surface area contributed by atoms with Crippen LogP contribution in [0.4, 0.5) is 0 Å². The topological polar surface area (TPSA) is 48.8 Å². The van der Waals surface area contributed by atoms with Gasteiger partial charge in [0.1, 0.15) is 11.2 Å². The van der Waals surface area contributed by atoms with Crippen molar-refractivity contribution in [2.75, 3.05) is 0 Å². The molecule has 4 heterocycles. The van der Waals surface area contributed by atoms with E-state index in [9.17, 15) is 0 Å². The van der Waals surface area contributed by atoms with E-state index in [1.54, 1.807) is 0 Å². The molecule has 5 nitrogen and oxygen atoms in total. The lowest BCUT2D eigenvalue weighted by Crippen LogP contribution is -2.03. The van der Waals surface area contributed by atoms with Gasteiger partial charge in [0.05, 0.1) is 33.3 Å². The highest BCUT2D eigenvalue weighted by Crippen LogP contribution is 2.38. The predicted molar refractivity (Wildman–Crippen MR) is 226 cm³/mol. The van der Waals surface area contributed by atoms with Crippen molar-refractivity contribution in [2.24, 2.45) is 0 Å². The highest BCUT2D eigenvalue weighted by atomic mass is 16.3. The monoisotopic (exact) mass is 702 g/mol. The summed E-state index contributed by atoms with van der Waals surface area (Å²) in [5.41, 5.74) is 12.5. The third kappa shape index (κ3) is 4.47. The van der Waals surface area contributed by atoms with Gasteiger partial charge in [-0.2, -0.15) is 0 Å². The van der Waals surface area contributed by atoms with E-state index in [1.165, 1.54) is 21.8 Å². The number of benzene rings is 8. The third-order valence-corrected chi connectivity index (χ3v) is 11.2. The smallest absolute Gasteiger partial charge is 0.235 e. The molecular formula is C50H30N4O. The normalized spacial score (nSPS) is 12.0. The maximum atomic E-state index is 6.15. The molecule has 0 atom stereocenters. The Balaban J connectivity index is 1.04. The van der Waals surface area contributed by atoms with E-state index < -0.39 is 0 Å². The Morgan fingerprint density at radius 2 is 0.873 bits per heavy atom. The zero-order valence-corrected chi connectivity index (χ0v) is 29.5. The van der Waals surface area contributed by atoms with E-state index in [-0.39, 0.29) is 0 Å². The van der Waals surface area contributed by atoms with E-state index in [1.807, 2.05) is 18.2 Å². The maximum Gasteiger partial charge on any atom is 0.235 e. The Kier molecular flexibility index (Phi) is 6.27. The predicted octanol–water partition coefficient (Wildman–Crippen LogP) is 13.1. The van der Waals surface area contributed by atoms with Crippen molar-refractivity contribution in [2.45, 2.75) is 0 Å². The minimum Gasteiger partial charge on any atom is -0.456 e. The van der Waals surface area contributed by atoms with Gasteiger partial charge in [-0.1, -0.05) is 121 Å². The second-order valence-corrected chi connectivity index (χ2v) is 14.2. The zero-order valence-electron chi connectivity index (χ0n) is 29.5. The van der Waals surface area contributed by atoms with Crippen LogP contribution < -0.4 is 0 Å². The van der Waals surface area contributed by atoms with Gasteiger partial charge in [0, 0.05) is 49.0 Å². The molecule has 12 rings (SSSR count). The van der Waals surface area contributed by atoms with Gasteiger partial charge in [-0.3, -0.25) is 4.57 Å². The lowest BCUT2D eigenvalue weighted by molar-refractivity contribution is 0.669. The quantitative estimate of drug-likeness (QED) is 0.183. The molecule has 0 N–H and O–H groups in total. The molecule has 0 fully saturated rings. The molecule has 12 aromatic rings. The highest BCUT2D eigenvalue weighted by Gasteiger charge is 2.19. The maximum absolute atomic E-state index is 6.15. The zero-order chi connectivity index (χ0) is 36.0. The fourth-order valence-electron chi connectivity index (χ4n) is 8.62. The van der Waals surface area contributed by atoms with Crippen molar-refractivity contribution in [3.05, 3.63) is 182 Å². The van der Waals surface area contributed by atoms with Crippen LogP contribution in [0.25, 0.3) is 110 Å². The van der Waals surface area contributed by atoms with Gasteiger partial charge in [-0.05, 0) is 71.8 Å². The number of para-hydroxylation sites is 5. The fourth-order valence-corrected chi connectivity index (χ4v) is 8.62. The van der Waals surface area contributed by atoms with Crippen molar-refractivity contribution >= 4 is 76.5 Å². The average Bonchev–Trinajstić information content (AvgIpc) is 3.90. The van der Waals surface area contributed by atoms with Gasteiger partial charge < -0.3 is 8.98 Å². The Bertz CT molecular complexity index is 3440. The first-order chi connectivity index (χ1) is 27.3. The summed E-state index contributed by atoms with van der Waals surface area (Å²) >= 11 is 0. The van der Waals surface area contributed by atoms with Crippen LogP contribution >= 0.6 is 0 Å². The van der Waals surface area contributed by atoms with E-state index in [0.717, 1.165) is 82.7 Å². The second kappa shape index (κ2) is 11.5. The van der Waals surface area contributed by atoms with Crippen molar-refractivity contribution < 1.29 is 4.42 Å². The van der Waals surface area contributed by atoms with E-state index in [2.05, 4.69) is 173 Å². The number of hydrogen-bond donors (Lipinski definition) is 0.